The lowest BCUT2D eigenvalue weighted by molar-refractivity contribution is 0.397. The van der Waals surface area contributed by atoms with Gasteiger partial charge in [-0.05, 0) is 18.4 Å². The van der Waals surface area contributed by atoms with Crippen molar-refractivity contribution >= 4 is 11.6 Å². The summed E-state index contributed by atoms with van der Waals surface area (Å²) in [5, 5.41) is 0. The number of rotatable bonds is 4. The fourth-order valence-corrected chi connectivity index (χ4v) is 1.08. The Bertz CT molecular complexity index is 222. The molecule has 0 atom stereocenters. The maximum Gasteiger partial charge on any atom is 0.212 e. The minimum absolute atomic E-state index is 0.657. The van der Waals surface area contributed by atoms with Crippen LogP contribution in [-0.2, 0) is 6.42 Å². The second-order valence-corrected chi connectivity index (χ2v) is 2.88. The van der Waals surface area contributed by atoms with Crippen LogP contribution in [0.25, 0.3) is 0 Å². The highest BCUT2D eigenvalue weighted by molar-refractivity contribution is 6.17. The lowest BCUT2D eigenvalue weighted by Crippen LogP contribution is -1.90. The van der Waals surface area contributed by atoms with Crippen molar-refractivity contribution in [1.29, 1.82) is 0 Å². The van der Waals surface area contributed by atoms with Crippen LogP contribution in [-0.4, -0.2) is 18.0 Å². The molecule has 3 heteroatoms. The molecule has 2 nitrogen and oxygen atoms in total. The van der Waals surface area contributed by atoms with E-state index in [9.17, 15) is 0 Å². The molecule has 0 aliphatic heterocycles. The Balaban J connectivity index is 2.53. The molecule has 0 amide bonds. The van der Waals surface area contributed by atoms with Crippen LogP contribution in [0.3, 0.4) is 0 Å². The summed E-state index contributed by atoms with van der Waals surface area (Å²) < 4.78 is 4.94. The summed E-state index contributed by atoms with van der Waals surface area (Å²) >= 11 is 5.56. The summed E-state index contributed by atoms with van der Waals surface area (Å²) in [6.07, 6.45) is 3.81. The molecular weight excluding hydrogens is 174 g/mol. The van der Waals surface area contributed by atoms with Crippen LogP contribution < -0.4 is 4.74 Å². The second-order valence-electron chi connectivity index (χ2n) is 2.50. The van der Waals surface area contributed by atoms with Gasteiger partial charge in [-0.15, -0.1) is 11.6 Å². The minimum Gasteiger partial charge on any atom is -0.481 e. The molecule has 0 aromatic carbocycles. The third-order valence-corrected chi connectivity index (χ3v) is 1.87. The van der Waals surface area contributed by atoms with Crippen LogP contribution in [0.1, 0.15) is 12.0 Å². The molecule has 0 fully saturated rings. The first-order chi connectivity index (χ1) is 5.86. The summed E-state index contributed by atoms with van der Waals surface area (Å²) in [5.41, 5.74) is 1.21. The first-order valence-corrected chi connectivity index (χ1v) is 4.45. The molecule has 0 aliphatic rings. The van der Waals surface area contributed by atoms with Gasteiger partial charge in [0, 0.05) is 18.1 Å². The monoisotopic (exact) mass is 185 g/mol. The maximum atomic E-state index is 5.56. The van der Waals surface area contributed by atoms with Crippen molar-refractivity contribution < 1.29 is 4.74 Å². The number of methoxy groups -OCH3 is 1. The highest BCUT2D eigenvalue weighted by Gasteiger charge is 1.94. The van der Waals surface area contributed by atoms with Crippen molar-refractivity contribution in [1.82, 2.24) is 4.98 Å². The van der Waals surface area contributed by atoms with Gasteiger partial charge in [-0.1, -0.05) is 6.07 Å². The van der Waals surface area contributed by atoms with Gasteiger partial charge in [0.05, 0.1) is 7.11 Å². The second kappa shape index (κ2) is 4.99. The SMILES string of the molecule is COc1ccc(CCCCl)cn1. The number of halogens is 1. The molecule has 1 aromatic rings. The summed E-state index contributed by atoms with van der Waals surface area (Å²) in [7, 11) is 1.61. The Morgan fingerprint density at radius 3 is 2.83 bits per heavy atom. The van der Waals surface area contributed by atoms with E-state index in [1.807, 2.05) is 18.3 Å². The Morgan fingerprint density at radius 1 is 1.50 bits per heavy atom. The summed E-state index contributed by atoms with van der Waals surface area (Å²) in [5.74, 6) is 1.36. The Labute approximate surface area is 77.5 Å². The predicted octanol–water partition coefficient (Wildman–Crippen LogP) is 2.26. The number of hydrogen-bond acceptors (Lipinski definition) is 2. The summed E-state index contributed by atoms with van der Waals surface area (Å²) in [4.78, 5) is 4.08. The minimum atomic E-state index is 0.657. The zero-order chi connectivity index (χ0) is 8.81. The fourth-order valence-electron chi connectivity index (χ4n) is 0.950. The molecule has 0 spiro atoms. The summed E-state index contributed by atoms with van der Waals surface area (Å²) in [6.45, 7) is 0. The van der Waals surface area contributed by atoms with E-state index in [0.717, 1.165) is 12.8 Å². The highest BCUT2D eigenvalue weighted by atomic mass is 35.5. The number of pyridine rings is 1. The summed E-state index contributed by atoms with van der Waals surface area (Å²) in [6, 6.07) is 3.88. The van der Waals surface area contributed by atoms with Crippen molar-refractivity contribution in [2.45, 2.75) is 12.8 Å². The van der Waals surface area contributed by atoms with E-state index in [1.54, 1.807) is 7.11 Å². The average Bonchev–Trinajstić information content (AvgIpc) is 2.15. The van der Waals surface area contributed by atoms with Crippen LogP contribution in [0, 0.1) is 0 Å². The van der Waals surface area contributed by atoms with Crippen LogP contribution in [0.5, 0.6) is 5.88 Å². The van der Waals surface area contributed by atoms with Gasteiger partial charge in [0.25, 0.3) is 0 Å². The number of ether oxygens (including phenoxy) is 1. The van der Waals surface area contributed by atoms with Crippen LogP contribution in [0.15, 0.2) is 18.3 Å². The van der Waals surface area contributed by atoms with Gasteiger partial charge in [0.1, 0.15) is 0 Å². The van der Waals surface area contributed by atoms with Crippen molar-refractivity contribution in [3.8, 4) is 5.88 Å². The van der Waals surface area contributed by atoms with Gasteiger partial charge >= 0.3 is 0 Å². The first kappa shape index (κ1) is 9.33. The van der Waals surface area contributed by atoms with Crippen LogP contribution >= 0.6 is 11.6 Å². The van der Waals surface area contributed by atoms with E-state index in [2.05, 4.69) is 4.98 Å². The van der Waals surface area contributed by atoms with Gasteiger partial charge in [0.15, 0.2) is 0 Å². The molecular formula is C9H12ClNO. The van der Waals surface area contributed by atoms with E-state index in [-0.39, 0.29) is 0 Å². The molecule has 0 saturated carbocycles. The first-order valence-electron chi connectivity index (χ1n) is 3.91. The van der Waals surface area contributed by atoms with Gasteiger partial charge in [-0.2, -0.15) is 0 Å². The zero-order valence-corrected chi connectivity index (χ0v) is 7.84. The molecule has 1 aromatic heterocycles. The quantitative estimate of drug-likeness (QED) is 0.672. The van der Waals surface area contributed by atoms with Gasteiger partial charge in [0.2, 0.25) is 5.88 Å². The standard InChI is InChI=1S/C9H12ClNO/c1-12-9-5-4-8(7-11-9)3-2-6-10/h4-5,7H,2-3,6H2,1H3. The fraction of sp³-hybridized carbons (Fsp3) is 0.444. The predicted molar refractivity (Wildman–Crippen MR) is 49.8 cm³/mol. The van der Waals surface area contributed by atoms with Crippen molar-refractivity contribution in [2.24, 2.45) is 0 Å². The van der Waals surface area contributed by atoms with Crippen molar-refractivity contribution in [3.63, 3.8) is 0 Å². The Kier molecular flexibility index (Phi) is 3.88. The zero-order valence-electron chi connectivity index (χ0n) is 7.09. The lowest BCUT2D eigenvalue weighted by Gasteiger charge is -2.00. The number of aromatic nitrogens is 1. The van der Waals surface area contributed by atoms with E-state index in [1.165, 1.54) is 5.56 Å². The molecule has 0 aliphatic carbocycles. The van der Waals surface area contributed by atoms with Crippen LogP contribution in [0.4, 0.5) is 0 Å². The van der Waals surface area contributed by atoms with Crippen molar-refractivity contribution in [3.05, 3.63) is 23.9 Å². The third kappa shape index (κ3) is 2.70. The largest absolute Gasteiger partial charge is 0.481 e. The molecule has 0 unspecified atom stereocenters. The molecule has 1 rings (SSSR count). The molecule has 0 N–H and O–H groups in total. The van der Waals surface area contributed by atoms with E-state index < -0.39 is 0 Å². The Hall–Kier alpha value is -0.760. The van der Waals surface area contributed by atoms with Gasteiger partial charge in [-0.25, -0.2) is 4.98 Å². The topological polar surface area (TPSA) is 22.1 Å². The number of nitrogens with zero attached hydrogens (tertiary/aromatic N) is 1. The van der Waals surface area contributed by atoms with Gasteiger partial charge in [-0.3, -0.25) is 0 Å². The molecule has 1 heterocycles. The smallest absolute Gasteiger partial charge is 0.212 e. The molecule has 0 bridgehead atoms. The van der Waals surface area contributed by atoms with Gasteiger partial charge < -0.3 is 4.74 Å². The van der Waals surface area contributed by atoms with Crippen molar-refractivity contribution in [2.75, 3.05) is 13.0 Å². The number of aryl methyl sites for hydroxylation is 1. The number of alkyl halides is 1. The number of hydrogen-bond donors (Lipinski definition) is 0. The lowest BCUT2D eigenvalue weighted by atomic mass is 10.2. The average molecular weight is 186 g/mol. The molecule has 12 heavy (non-hydrogen) atoms. The van der Waals surface area contributed by atoms with E-state index in [4.69, 9.17) is 16.3 Å². The normalized spacial score (nSPS) is 9.83. The highest BCUT2D eigenvalue weighted by Crippen LogP contribution is 2.08. The molecule has 0 radical (unpaired) electrons. The maximum absolute atomic E-state index is 5.56. The van der Waals surface area contributed by atoms with E-state index >= 15 is 0 Å². The molecule has 0 saturated heterocycles. The Morgan fingerprint density at radius 2 is 2.33 bits per heavy atom. The van der Waals surface area contributed by atoms with E-state index in [0.29, 0.717) is 11.8 Å². The van der Waals surface area contributed by atoms with Crippen LogP contribution in [0.2, 0.25) is 0 Å². The molecule has 66 valence electrons. The third-order valence-electron chi connectivity index (χ3n) is 1.61.